The number of carbonyl (C=O) groups is 1. The molecule has 2 heterocycles. The summed E-state index contributed by atoms with van der Waals surface area (Å²) in [5.74, 6) is 0.261. The van der Waals surface area contributed by atoms with Crippen LogP contribution in [0, 0.1) is 0 Å². The Kier molecular flexibility index (Phi) is 5.03. The molecule has 1 amide bonds. The first kappa shape index (κ1) is 15.6. The molecule has 7 nitrogen and oxygen atoms in total. The van der Waals surface area contributed by atoms with E-state index in [0.717, 1.165) is 11.3 Å². The molecule has 0 aromatic carbocycles. The summed E-state index contributed by atoms with van der Waals surface area (Å²) in [6.07, 6.45) is 1.50. The number of nitrogens with one attached hydrogen (secondary N) is 1. The standard InChI is InChI=1S/C13H19N5O2S/c1-3-6-13(2,20)9-14-11(19)8-18-16-12(15-17-18)10-5-4-7-21-10/h4-5,7,20H,3,6,8-9H2,1-2H3,(H,14,19). The van der Waals surface area contributed by atoms with Crippen molar-refractivity contribution >= 4 is 17.2 Å². The quantitative estimate of drug-likeness (QED) is 0.798. The minimum atomic E-state index is -0.887. The van der Waals surface area contributed by atoms with Crippen LogP contribution in [0.5, 0.6) is 0 Å². The number of nitrogens with zero attached hydrogens (tertiary/aromatic N) is 4. The van der Waals surface area contributed by atoms with Crippen molar-refractivity contribution in [3.8, 4) is 10.7 Å². The van der Waals surface area contributed by atoms with Gasteiger partial charge in [0.2, 0.25) is 11.7 Å². The van der Waals surface area contributed by atoms with Crippen LogP contribution in [0.2, 0.25) is 0 Å². The molecule has 1 atom stereocenters. The summed E-state index contributed by atoms with van der Waals surface area (Å²) >= 11 is 1.52. The number of carbonyl (C=O) groups excluding carboxylic acids is 1. The minimum absolute atomic E-state index is 0.0133. The van der Waals surface area contributed by atoms with Crippen LogP contribution < -0.4 is 5.32 Å². The first-order valence-corrected chi connectivity index (χ1v) is 7.69. The molecule has 0 saturated heterocycles. The van der Waals surface area contributed by atoms with Crippen LogP contribution in [0.25, 0.3) is 10.7 Å². The second-order valence-corrected chi connectivity index (χ2v) is 6.09. The molecule has 2 aromatic heterocycles. The lowest BCUT2D eigenvalue weighted by Gasteiger charge is -2.22. The summed E-state index contributed by atoms with van der Waals surface area (Å²) in [7, 11) is 0. The van der Waals surface area contributed by atoms with Gasteiger partial charge in [0.05, 0.1) is 10.5 Å². The minimum Gasteiger partial charge on any atom is -0.388 e. The average Bonchev–Trinajstić information content (AvgIpc) is 3.06. The summed E-state index contributed by atoms with van der Waals surface area (Å²) < 4.78 is 0. The van der Waals surface area contributed by atoms with Crippen molar-refractivity contribution in [3.63, 3.8) is 0 Å². The smallest absolute Gasteiger partial charge is 0.243 e. The van der Waals surface area contributed by atoms with E-state index in [0.29, 0.717) is 12.2 Å². The molecule has 0 bridgehead atoms. The highest BCUT2D eigenvalue weighted by Gasteiger charge is 2.20. The Morgan fingerprint density at radius 3 is 3.05 bits per heavy atom. The maximum absolute atomic E-state index is 11.8. The van der Waals surface area contributed by atoms with Gasteiger partial charge in [-0.2, -0.15) is 4.80 Å². The molecule has 0 spiro atoms. The number of aliphatic hydroxyl groups is 1. The fraction of sp³-hybridized carbons (Fsp3) is 0.538. The molecule has 0 aliphatic heterocycles. The Morgan fingerprint density at radius 2 is 2.38 bits per heavy atom. The normalized spacial score (nSPS) is 13.9. The Morgan fingerprint density at radius 1 is 1.57 bits per heavy atom. The highest BCUT2D eigenvalue weighted by atomic mass is 32.1. The summed E-state index contributed by atoms with van der Waals surface area (Å²) in [6, 6.07) is 3.80. The molecule has 21 heavy (non-hydrogen) atoms. The van der Waals surface area contributed by atoms with Gasteiger partial charge < -0.3 is 10.4 Å². The van der Waals surface area contributed by atoms with Crippen LogP contribution >= 0.6 is 11.3 Å². The van der Waals surface area contributed by atoms with Crippen LogP contribution in [-0.2, 0) is 11.3 Å². The van der Waals surface area contributed by atoms with Gasteiger partial charge in [-0.05, 0) is 30.0 Å². The van der Waals surface area contributed by atoms with Crippen LogP contribution in [0.4, 0.5) is 0 Å². The Balaban J connectivity index is 1.86. The molecule has 8 heteroatoms. The maximum atomic E-state index is 11.8. The van der Waals surface area contributed by atoms with Gasteiger partial charge in [0.1, 0.15) is 6.54 Å². The topological polar surface area (TPSA) is 92.9 Å². The Hall–Kier alpha value is -1.80. The van der Waals surface area contributed by atoms with Crippen LogP contribution in [0.3, 0.4) is 0 Å². The lowest BCUT2D eigenvalue weighted by Crippen LogP contribution is -2.41. The maximum Gasteiger partial charge on any atom is 0.243 e. The van der Waals surface area contributed by atoms with Crippen molar-refractivity contribution in [1.29, 1.82) is 0 Å². The Bertz CT molecular complexity index is 579. The number of hydrogen-bond acceptors (Lipinski definition) is 6. The fourth-order valence-electron chi connectivity index (χ4n) is 1.91. The molecule has 2 rings (SSSR count). The van der Waals surface area contributed by atoms with Gasteiger partial charge in [-0.3, -0.25) is 4.79 Å². The number of rotatable bonds is 7. The van der Waals surface area contributed by atoms with Crippen LogP contribution in [-0.4, -0.2) is 43.4 Å². The van der Waals surface area contributed by atoms with Gasteiger partial charge in [0, 0.05) is 6.54 Å². The first-order valence-electron chi connectivity index (χ1n) is 6.81. The third-order valence-corrected chi connectivity index (χ3v) is 3.80. The molecule has 0 aliphatic rings. The van der Waals surface area contributed by atoms with Crippen molar-refractivity contribution in [3.05, 3.63) is 17.5 Å². The van der Waals surface area contributed by atoms with E-state index in [1.807, 2.05) is 24.4 Å². The largest absolute Gasteiger partial charge is 0.388 e. The predicted octanol–water partition coefficient (Wildman–Crippen LogP) is 1.07. The third-order valence-electron chi connectivity index (χ3n) is 2.93. The SMILES string of the molecule is CCCC(C)(O)CNC(=O)Cn1nnc(-c2cccs2)n1. The molecular formula is C13H19N5O2S. The number of amides is 1. The van der Waals surface area contributed by atoms with Crippen molar-refractivity contribution in [2.75, 3.05) is 6.54 Å². The molecule has 2 N–H and O–H groups in total. The first-order chi connectivity index (χ1) is 10.00. The summed E-state index contributed by atoms with van der Waals surface area (Å²) in [5.41, 5.74) is -0.887. The van der Waals surface area contributed by atoms with E-state index in [1.54, 1.807) is 6.92 Å². The van der Waals surface area contributed by atoms with E-state index in [4.69, 9.17) is 0 Å². The molecule has 1 unspecified atom stereocenters. The zero-order valence-corrected chi connectivity index (χ0v) is 12.9. The van der Waals surface area contributed by atoms with Gasteiger partial charge in [-0.25, -0.2) is 0 Å². The van der Waals surface area contributed by atoms with Crippen molar-refractivity contribution in [2.24, 2.45) is 0 Å². The van der Waals surface area contributed by atoms with Gasteiger partial charge in [0.25, 0.3) is 0 Å². The van der Waals surface area contributed by atoms with E-state index in [9.17, 15) is 9.90 Å². The molecule has 0 radical (unpaired) electrons. The monoisotopic (exact) mass is 309 g/mol. The van der Waals surface area contributed by atoms with E-state index in [1.165, 1.54) is 16.1 Å². The van der Waals surface area contributed by atoms with Crippen LogP contribution in [0.1, 0.15) is 26.7 Å². The van der Waals surface area contributed by atoms with E-state index >= 15 is 0 Å². The van der Waals surface area contributed by atoms with Gasteiger partial charge in [-0.1, -0.05) is 19.4 Å². The highest BCUT2D eigenvalue weighted by Crippen LogP contribution is 2.19. The molecular weight excluding hydrogens is 290 g/mol. The predicted molar refractivity (Wildman–Crippen MR) is 79.7 cm³/mol. The third kappa shape index (κ3) is 4.61. The number of aromatic nitrogens is 4. The molecule has 2 aromatic rings. The summed E-state index contributed by atoms with van der Waals surface area (Å²) in [5, 5.41) is 26.5. The van der Waals surface area contributed by atoms with E-state index < -0.39 is 5.60 Å². The molecule has 0 saturated carbocycles. The van der Waals surface area contributed by atoms with Gasteiger partial charge in [0.15, 0.2) is 0 Å². The van der Waals surface area contributed by atoms with Crippen LogP contribution in [0.15, 0.2) is 17.5 Å². The zero-order valence-electron chi connectivity index (χ0n) is 12.1. The number of hydrogen-bond donors (Lipinski definition) is 2. The highest BCUT2D eigenvalue weighted by molar-refractivity contribution is 7.13. The summed E-state index contributed by atoms with van der Waals surface area (Å²) in [4.78, 5) is 14.0. The lowest BCUT2D eigenvalue weighted by atomic mass is 10.0. The second-order valence-electron chi connectivity index (χ2n) is 5.14. The number of tetrazole rings is 1. The second kappa shape index (κ2) is 6.77. The number of thiophene rings is 1. The van der Waals surface area contributed by atoms with Gasteiger partial charge in [-0.15, -0.1) is 21.5 Å². The Labute approximate surface area is 127 Å². The van der Waals surface area contributed by atoms with E-state index in [2.05, 4.69) is 20.7 Å². The van der Waals surface area contributed by atoms with Crippen molar-refractivity contribution in [1.82, 2.24) is 25.5 Å². The average molecular weight is 309 g/mol. The van der Waals surface area contributed by atoms with Gasteiger partial charge >= 0.3 is 0 Å². The van der Waals surface area contributed by atoms with E-state index in [-0.39, 0.29) is 19.0 Å². The zero-order chi connectivity index (χ0) is 15.3. The van der Waals surface area contributed by atoms with Crippen molar-refractivity contribution < 1.29 is 9.90 Å². The van der Waals surface area contributed by atoms with Crippen molar-refractivity contribution in [2.45, 2.75) is 38.8 Å². The molecule has 114 valence electrons. The molecule has 0 aliphatic carbocycles. The summed E-state index contributed by atoms with van der Waals surface area (Å²) in [6.45, 7) is 3.90. The lowest BCUT2D eigenvalue weighted by molar-refractivity contribution is -0.123. The fourth-order valence-corrected chi connectivity index (χ4v) is 2.56. The molecule has 0 fully saturated rings.